The lowest BCUT2D eigenvalue weighted by Crippen LogP contribution is -1.91. The maximum absolute atomic E-state index is 10.9. The Hall–Kier alpha value is -1.51. The van der Waals surface area contributed by atoms with Crippen LogP contribution in [0.25, 0.3) is 0 Å². The van der Waals surface area contributed by atoms with E-state index in [9.17, 15) is 9.70 Å². The Kier molecular flexibility index (Phi) is 5.35. The molecule has 0 spiro atoms. The Morgan fingerprint density at radius 2 is 1.77 bits per heavy atom. The average molecular weight is 179 g/mol. The first-order valence-electron chi connectivity index (χ1n) is 4.00. The highest BCUT2D eigenvalue weighted by Crippen LogP contribution is 2.03. The van der Waals surface area contributed by atoms with Gasteiger partial charge >= 0.3 is 0 Å². The molecule has 13 heavy (non-hydrogen) atoms. The molecule has 70 valence electrons. The lowest BCUT2D eigenvalue weighted by atomic mass is 10.1. The van der Waals surface area contributed by atoms with Gasteiger partial charge in [-0.15, -0.1) is 4.91 Å². The summed E-state index contributed by atoms with van der Waals surface area (Å²) < 4.78 is 0. The predicted octanol–water partition coefficient (Wildman–Crippen LogP) is 2.75. The smallest absolute Gasteiger partial charge is 0.159 e. The van der Waals surface area contributed by atoms with Crippen LogP contribution in [0.15, 0.2) is 40.8 Å². The molecule has 0 radical (unpaired) electrons. The number of allylic oxidation sites excluding steroid dienone is 5. The Morgan fingerprint density at radius 1 is 1.15 bits per heavy atom. The van der Waals surface area contributed by atoms with E-state index in [4.69, 9.17) is 0 Å². The molecule has 0 saturated carbocycles. The molecule has 0 unspecified atom stereocenters. The van der Waals surface area contributed by atoms with Crippen LogP contribution in [-0.2, 0) is 4.79 Å². The normalized spacial score (nSPS) is 13.5. The summed E-state index contributed by atoms with van der Waals surface area (Å²) in [6.45, 7) is 4.96. The molecule has 0 aromatic rings. The summed E-state index contributed by atoms with van der Waals surface area (Å²) in [4.78, 5) is 21.0. The standard InChI is InChI=1S/C10H13NO2/c1-4-9(8(3)12)6-7-10(5-2)11-13/h4-7H,1-3H3/b7-6-,9-4+,10-5+. The highest BCUT2D eigenvalue weighted by molar-refractivity contribution is 5.95. The minimum absolute atomic E-state index is 0.0277. The van der Waals surface area contributed by atoms with Gasteiger partial charge in [-0.3, -0.25) is 4.79 Å². The molecular weight excluding hydrogens is 166 g/mol. The fraction of sp³-hybridized carbons (Fsp3) is 0.300. The van der Waals surface area contributed by atoms with Gasteiger partial charge in [0, 0.05) is 5.57 Å². The molecule has 0 fully saturated rings. The molecule has 0 aromatic heterocycles. The number of carbonyl (C=O) groups is 1. The van der Waals surface area contributed by atoms with Crippen molar-refractivity contribution in [2.45, 2.75) is 20.8 Å². The average Bonchev–Trinajstić information content (AvgIpc) is 2.12. The zero-order valence-electron chi connectivity index (χ0n) is 8.07. The topological polar surface area (TPSA) is 46.5 Å². The van der Waals surface area contributed by atoms with Crippen LogP contribution >= 0.6 is 0 Å². The summed E-state index contributed by atoms with van der Waals surface area (Å²) in [6, 6.07) is 0. The van der Waals surface area contributed by atoms with Crippen LogP contribution in [-0.4, -0.2) is 5.78 Å². The van der Waals surface area contributed by atoms with E-state index >= 15 is 0 Å². The summed E-state index contributed by atoms with van der Waals surface area (Å²) in [7, 11) is 0. The number of hydrogen-bond donors (Lipinski definition) is 0. The van der Waals surface area contributed by atoms with Gasteiger partial charge in [-0.25, -0.2) is 0 Å². The van der Waals surface area contributed by atoms with Gasteiger partial charge in [0.15, 0.2) is 5.78 Å². The fourth-order valence-electron chi connectivity index (χ4n) is 0.771. The largest absolute Gasteiger partial charge is 0.295 e. The third-order valence-electron chi connectivity index (χ3n) is 1.55. The van der Waals surface area contributed by atoms with Crippen molar-refractivity contribution in [1.82, 2.24) is 0 Å². The highest BCUT2D eigenvalue weighted by Gasteiger charge is 1.96. The van der Waals surface area contributed by atoms with Crippen molar-refractivity contribution in [3.8, 4) is 0 Å². The molecule has 0 N–H and O–H groups in total. The number of nitrogens with zero attached hydrogens (tertiary/aromatic N) is 1. The van der Waals surface area contributed by atoms with Gasteiger partial charge in [0.05, 0.1) is 0 Å². The second-order valence-corrected chi connectivity index (χ2v) is 2.44. The van der Waals surface area contributed by atoms with Gasteiger partial charge < -0.3 is 0 Å². The quantitative estimate of drug-likeness (QED) is 0.378. The van der Waals surface area contributed by atoms with Gasteiger partial charge in [-0.05, 0) is 38.1 Å². The van der Waals surface area contributed by atoms with Crippen LogP contribution in [0, 0.1) is 4.91 Å². The molecule has 0 heterocycles. The molecular formula is C10H13NO2. The Balaban J connectivity index is 4.59. The Bertz CT molecular complexity index is 285. The second kappa shape index (κ2) is 6.06. The van der Waals surface area contributed by atoms with Gasteiger partial charge in [0.25, 0.3) is 0 Å². The monoisotopic (exact) mass is 179 g/mol. The number of Topliss-reactive ketones (excluding diaryl/α,β-unsaturated/α-hetero) is 1. The molecule has 0 amide bonds. The first kappa shape index (κ1) is 11.5. The van der Waals surface area contributed by atoms with Crippen molar-refractivity contribution in [1.29, 1.82) is 0 Å². The number of ketones is 1. The van der Waals surface area contributed by atoms with Crippen LogP contribution in [0.5, 0.6) is 0 Å². The molecule has 0 atom stereocenters. The lowest BCUT2D eigenvalue weighted by Gasteiger charge is -1.92. The van der Waals surface area contributed by atoms with Crippen molar-refractivity contribution in [3.05, 3.63) is 40.5 Å². The van der Waals surface area contributed by atoms with E-state index in [0.29, 0.717) is 11.3 Å². The first-order valence-corrected chi connectivity index (χ1v) is 4.00. The van der Waals surface area contributed by atoms with Gasteiger partial charge in [0.2, 0.25) is 0 Å². The lowest BCUT2D eigenvalue weighted by molar-refractivity contribution is -0.113. The molecule has 0 aliphatic rings. The number of nitroso groups, excluding NO2 is 1. The summed E-state index contributed by atoms with van der Waals surface area (Å²) >= 11 is 0. The van der Waals surface area contributed by atoms with E-state index < -0.39 is 0 Å². The summed E-state index contributed by atoms with van der Waals surface area (Å²) in [5.41, 5.74) is 0.892. The molecule has 0 rings (SSSR count). The minimum atomic E-state index is -0.0277. The van der Waals surface area contributed by atoms with E-state index in [1.54, 1.807) is 32.1 Å². The van der Waals surface area contributed by atoms with E-state index in [1.807, 2.05) is 0 Å². The predicted molar refractivity (Wildman–Crippen MR) is 53.1 cm³/mol. The van der Waals surface area contributed by atoms with Crippen LogP contribution in [0.1, 0.15) is 20.8 Å². The molecule has 0 aliphatic heterocycles. The summed E-state index contributed by atoms with van der Waals surface area (Å²) in [5.74, 6) is -0.0277. The van der Waals surface area contributed by atoms with Crippen molar-refractivity contribution in [3.63, 3.8) is 0 Å². The van der Waals surface area contributed by atoms with Crippen molar-refractivity contribution >= 4 is 5.78 Å². The SMILES string of the molecule is C\C=C(/C=C\C(=C/C)C(C)=O)N=O. The maximum atomic E-state index is 10.9. The summed E-state index contributed by atoms with van der Waals surface area (Å²) in [6.07, 6.45) is 6.37. The van der Waals surface area contributed by atoms with Crippen LogP contribution in [0.4, 0.5) is 0 Å². The van der Waals surface area contributed by atoms with Crippen LogP contribution < -0.4 is 0 Å². The van der Waals surface area contributed by atoms with E-state index in [1.165, 1.54) is 13.0 Å². The first-order chi connectivity index (χ1) is 6.15. The number of carbonyl (C=O) groups excluding carboxylic acids is 1. The minimum Gasteiger partial charge on any atom is -0.295 e. The van der Waals surface area contributed by atoms with Crippen LogP contribution in [0.2, 0.25) is 0 Å². The Labute approximate surface area is 77.8 Å². The fourth-order valence-corrected chi connectivity index (χ4v) is 0.771. The molecule has 3 heteroatoms. The third-order valence-corrected chi connectivity index (χ3v) is 1.55. The van der Waals surface area contributed by atoms with Gasteiger partial charge in [-0.1, -0.05) is 12.2 Å². The molecule has 0 aromatic carbocycles. The van der Waals surface area contributed by atoms with E-state index in [-0.39, 0.29) is 5.78 Å². The van der Waals surface area contributed by atoms with Crippen molar-refractivity contribution in [2.75, 3.05) is 0 Å². The highest BCUT2D eigenvalue weighted by atomic mass is 16.3. The zero-order chi connectivity index (χ0) is 10.3. The maximum Gasteiger partial charge on any atom is 0.159 e. The van der Waals surface area contributed by atoms with Gasteiger partial charge in [0.1, 0.15) is 5.70 Å². The van der Waals surface area contributed by atoms with Crippen molar-refractivity contribution < 1.29 is 4.79 Å². The van der Waals surface area contributed by atoms with E-state index in [0.717, 1.165) is 0 Å². The summed E-state index contributed by atoms with van der Waals surface area (Å²) in [5, 5.41) is 2.76. The Morgan fingerprint density at radius 3 is 2.08 bits per heavy atom. The molecule has 0 aliphatic carbocycles. The zero-order valence-corrected chi connectivity index (χ0v) is 8.07. The van der Waals surface area contributed by atoms with E-state index in [2.05, 4.69) is 5.18 Å². The second-order valence-electron chi connectivity index (χ2n) is 2.44. The number of rotatable bonds is 4. The van der Waals surface area contributed by atoms with Crippen LogP contribution in [0.3, 0.4) is 0 Å². The van der Waals surface area contributed by atoms with Crippen molar-refractivity contribution in [2.24, 2.45) is 5.18 Å². The molecule has 0 bridgehead atoms. The third kappa shape index (κ3) is 4.15. The molecule has 0 saturated heterocycles. The van der Waals surface area contributed by atoms with Gasteiger partial charge in [-0.2, -0.15) is 0 Å². The number of hydrogen-bond acceptors (Lipinski definition) is 3. The molecule has 3 nitrogen and oxygen atoms in total.